The number of alkyl halides is 3. The third-order valence-electron chi connectivity index (χ3n) is 7.43. The molecule has 0 radical (unpaired) electrons. The number of anilines is 1. The van der Waals surface area contributed by atoms with Gasteiger partial charge in [0.15, 0.2) is 17.3 Å². The van der Waals surface area contributed by atoms with Crippen molar-refractivity contribution < 1.29 is 17.9 Å². The second kappa shape index (κ2) is 9.00. The molecule has 5 aromatic rings. The standard InChI is InChI=1S/C27H24F3N9O/c1-14-12-38-19(27(28,29)30)11-33-24(38)17-6-3-15(9-18(14)17)10-32-23-25-31-7-8-39(25)37-22(36-23)20-21(16-4-5-16)34-13-35-26(20)40-2/h3,6-9,11,13-14,16H,4-5,10,12H2,1-2H3,(H,32,36,37). The van der Waals surface area contributed by atoms with E-state index in [0.717, 1.165) is 35.9 Å². The molecule has 5 heterocycles. The number of aromatic nitrogens is 8. The van der Waals surface area contributed by atoms with E-state index in [1.165, 1.54) is 10.9 Å². The predicted molar refractivity (Wildman–Crippen MR) is 139 cm³/mol. The molecule has 40 heavy (non-hydrogen) atoms. The van der Waals surface area contributed by atoms with E-state index in [2.05, 4.69) is 30.4 Å². The topological polar surface area (TPSA) is 108 Å². The molecule has 0 saturated heterocycles. The van der Waals surface area contributed by atoms with Crippen LogP contribution in [0.3, 0.4) is 0 Å². The second-order valence-electron chi connectivity index (χ2n) is 10.1. The summed E-state index contributed by atoms with van der Waals surface area (Å²) in [5.41, 5.74) is 3.99. The number of hydrogen-bond donors (Lipinski definition) is 1. The minimum Gasteiger partial charge on any atom is -0.480 e. The lowest BCUT2D eigenvalue weighted by Gasteiger charge is -2.26. The van der Waals surface area contributed by atoms with Gasteiger partial charge >= 0.3 is 6.18 Å². The number of rotatable bonds is 6. The van der Waals surface area contributed by atoms with Gasteiger partial charge in [-0.1, -0.05) is 25.1 Å². The number of fused-ring (bicyclic) bond motifs is 4. The van der Waals surface area contributed by atoms with E-state index in [-0.39, 0.29) is 12.5 Å². The fourth-order valence-electron chi connectivity index (χ4n) is 5.36. The number of nitrogens with zero attached hydrogens (tertiary/aromatic N) is 8. The molecule has 1 atom stereocenters. The lowest BCUT2D eigenvalue weighted by atomic mass is 9.90. The van der Waals surface area contributed by atoms with Gasteiger partial charge in [0.25, 0.3) is 0 Å². The summed E-state index contributed by atoms with van der Waals surface area (Å²) in [7, 11) is 1.56. The summed E-state index contributed by atoms with van der Waals surface area (Å²) < 4.78 is 48.9. The van der Waals surface area contributed by atoms with Crippen LogP contribution in [0.15, 0.2) is 43.1 Å². The summed E-state index contributed by atoms with van der Waals surface area (Å²) in [6.07, 6.45) is 3.44. The first kappa shape index (κ1) is 24.5. The number of methoxy groups -OCH3 is 1. The first-order valence-corrected chi connectivity index (χ1v) is 12.9. The number of benzene rings is 1. The zero-order valence-corrected chi connectivity index (χ0v) is 21.6. The average molecular weight is 548 g/mol. The predicted octanol–water partition coefficient (Wildman–Crippen LogP) is 5.08. The minimum atomic E-state index is -4.45. The highest BCUT2D eigenvalue weighted by Crippen LogP contribution is 2.45. The van der Waals surface area contributed by atoms with Gasteiger partial charge in [-0.2, -0.15) is 13.2 Å². The summed E-state index contributed by atoms with van der Waals surface area (Å²) in [6, 6.07) is 5.74. The Bertz CT molecular complexity index is 1760. The van der Waals surface area contributed by atoms with E-state index in [1.54, 1.807) is 24.0 Å². The molecule has 2 aliphatic rings. The first-order chi connectivity index (χ1) is 19.3. The molecule has 1 fully saturated rings. The summed E-state index contributed by atoms with van der Waals surface area (Å²) in [6.45, 7) is 2.55. The van der Waals surface area contributed by atoms with Crippen molar-refractivity contribution in [1.82, 2.24) is 39.1 Å². The number of nitrogens with one attached hydrogen (secondary N) is 1. The maximum atomic E-state index is 13.5. The van der Waals surface area contributed by atoms with Crippen LogP contribution < -0.4 is 10.1 Å². The van der Waals surface area contributed by atoms with Gasteiger partial charge in [0, 0.05) is 37.0 Å². The van der Waals surface area contributed by atoms with E-state index in [4.69, 9.17) is 9.72 Å². The average Bonchev–Trinajstić information content (AvgIpc) is 3.51. The molecule has 7 rings (SSSR count). The second-order valence-corrected chi connectivity index (χ2v) is 10.1. The lowest BCUT2D eigenvalue weighted by molar-refractivity contribution is -0.143. The van der Waals surface area contributed by atoms with Gasteiger partial charge < -0.3 is 14.6 Å². The maximum Gasteiger partial charge on any atom is 0.433 e. The van der Waals surface area contributed by atoms with E-state index in [0.29, 0.717) is 52.6 Å². The molecule has 1 aromatic carbocycles. The van der Waals surface area contributed by atoms with Crippen LogP contribution in [0, 0.1) is 0 Å². The van der Waals surface area contributed by atoms with Gasteiger partial charge in [0.2, 0.25) is 5.88 Å². The molecule has 1 N–H and O–H groups in total. The van der Waals surface area contributed by atoms with Gasteiger partial charge in [0.05, 0.1) is 19.0 Å². The molecular weight excluding hydrogens is 523 g/mol. The van der Waals surface area contributed by atoms with Crippen molar-refractivity contribution in [3.8, 4) is 28.7 Å². The van der Waals surface area contributed by atoms with Gasteiger partial charge in [-0.15, -0.1) is 5.10 Å². The Kier molecular flexibility index (Phi) is 5.51. The molecule has 204 valence electrons. The molecule has 1 aliphatic carbocycles. The van der Waals surface area contributed by atoms with Crippen LogP contribution in [0.5, 0.6) is 5.88 Å². The van der Waals surface area contributed by atoms with Gasteiger partial charge in [-0.25, -0.2) is 29.4 Å². The monoisotopic (exact) mass is 547 g/mol. The molecule has 0 amide bonds. The Morgan fingerprint density at radius 1 is 1.12 bits per heavy atom. The van der Waals surface area contributed by atoms with Crippen LogP contribution in [0.4, 0.5) is 19.0 Å². The number of imidazole rings is 2. The molecule has 0 spiro atoms. The van der Waals surface area contributed by atoms with Crippen LogP contribution in [-0.2, 0) is 19.3 Å². The molecule has 1 saturated carbocycles. The Balaban J connectivity index is 1.22. The van der Waals surface area contributed by atoms with Crippen LogP contribution in [0.25, 0.3) is 28.4 Å². The highest BCUT2D eigenvalue weighted by atomic mass is 19.4. The van der Waals surface area contributed by atoms with E-state index in [1.807, 2.05) is 25.1 Å². The van der Waals surface area contributed by atoms with Crippen molar-refractivity contribution >= 4 is 11.5 Å². The molecule has 1 unspecified atom stereocenters. The highest BCUT2D eigenvalue weighted by Gasteiger charge is 2.38. The molecule has 10 nitrogen and oxygen atoms in total. The quantitative estimate of drug-likeness (QED) is 0.314. The fourth-order valence-corrected chi connectivity index (χ4v) is 5.36. The first-order valence-electron chi connectivity index (χ1n) is 12.9. The maximum absolute atomic E-state index is 13.5. The molecule has 13 heteroatoms. The van der Waals surface area contributed by atoms with Gasteiger partial charge in [0.1, 0.15) is 23.4 Å². The Labute approximate surface area is 226 Å². The smallest absolute Gasteiger partial charge is 0.433 e. The Hall–Kier alpha value is -4.55. The van der Waals surface area contributed by atoms with Crippen LogP contribution in [0.1, 0.15) is 54.1 Å². The van der Waals surface area contributed by atoms with Crippen molar-refractivity contribution in [2.24, 2.45) is 0 Å². The summed E-state index contributed by atoms with van der Waals surface area (Å²) >= 11 is 0. The number of ether oxygens (including phenoxy) is 1. The normalized spacial score (nSPS) is 16.6. The molecular formula is C27H24F3N9O. The number of halogens is 3. The largest absolute Gasteiger partial charge is 0.480 e. The van der Waals surface area contributed by atoms with Crippen LogP contribution in [-0.4, -0.2) is 46.2 Å². The Morgan fingerprint density at radius 2 is 1.98 bits per heavy atom. The van der Waals surface area contributed by atoms with Crippen molar-refractivity contribution in [3.63, 3.8) is 0 Å². The molecule has 1 aliphatic heterocycles. The Morgan fingerprint density at radius 3 is 2.75 bits per heavy atom. The summed E-state index contributed by atoms with van der Waals surface area (Å²) in [4.78, 5) is 22.1. The third kappa shape index (κ3) is 4.03. The van der Waals surface area contributed by atoms with E-state index < -0.39 is 11.9 Å². The summed E-state index contributed by atoms with van der Waals surface area (Å²) in [5.74, 6) is 1.92. The lowest BCUT2D eigenvalue weighted by Crippen LogP contribution is -2.21. The zero-order chi connectivity index (χ0) is 27.6. The number of hydrogen-bond acceptors (Lipinski definition) is 8. The van der Waals surface area contributed by atoms with Gasteiger partial charge in [-0.05, 0) is 29.9 Å². The van der Waals surface area contributed by atoms with E-state index in [9.17, 15) is 13.2 Å². The third-order valence-corrected chi connectivity index (χ3v) is 7.43. The van der Waals surface area contributed by atoms with Crippen molar-refractivity contribution in [2.75, 3.05) is 12.4 Å². The molecule has 4 aromatic heterocycles. The van der Waals surface area contributed by atoms with E-state index >= 15 is 0 Å². The minimum absolute atomic E-state index is 0.117. The SMILES string of the molecule is COc1ncnc(C2CC2)c1-c1nc(NCc2ccc3c(c2)C(C)Cn2c(C(F)(F)F)cnc2-3)c2nccn2n1. The molecule has 0 bridgehead atoms. The zero-order valence-electron chi connectivity index (χ0n) is 21.6. The van der Waals surface area contributed by atoms with Gasteiger partial charge in [-0.3, -0.25) is 0 Å². The summed E-state index contributed by atoms with van der Waals surface area (Å²) in [5, 5.41) is 8.04. The van der Waals surface area contributed by atoms with Crippen LogP contribution in [0.2, 0.25) is 0 Å². The van der Waals surface area contributed by atoms with Crippen molar-refractivity contribution in [3.05, 3.63) is 65.6 Å². The highest BCUT2D eigenvalue weighted by molar-refractivity contribution is 5.71. The van der Waals surface area contributed by atoms with Crippen LogP contribution >= 0.6 is 0 Å². The van der Waals surface area contributed by atoms with Crippen molar-refractivity contribution in [1.29, 1.82) is 0 Å². The van der Waals surface area contributed by atoms with Crippen molar-refractivity contribution in [2.45, 2.75) is 50.9 Å². The fraction of sp³-hybridized carbons (Fsp3) is 0.333.